The summed E-state index contributed by atoms with van der Waals surface area (Å²) in [4.78, 5) is 25.8. The van der Waals surface area contributed by atoms with Gasteiger partial charge in [-0.05, 0) is 13.0 Å². The minimum absolute atomic E-state index is 0.0233. The van der Waals surface area contributed by atoms with Gasteiger partial charge in [0, 0.05) is 17.5 Å². The molecule has 1 aromatic carbocycles. The van der Waals surface area contributed by atoms with E-state index in [1.165, 1.54) is 11.3 Å². The van der Waals surface area contributed by atoms with Crippen molar-refractivity contribution in [3.63, 3.8) is 0 Å². The lowest BCUT2D eigenvalue weighted by molar-refractivity contribution is -0.384. The second-order valence-electron chi connectivity index (χ2n) is 3.66. The van der Waals surface area contributed by atoms with Crippen LogP contribution >= 0.6 is 11.3 Å². The van der Waals surface area contributed by atoms with Gasteiger partial charge in [0.1, 0.15) is 11.4 Å². The third-order valence-corrected chi connectivity index (χ3v) is 3.06. The summed E-state index contributed by atoms with van der Waals surface area (Å²) in [5, 5.41) is 24.9. The van der Waals surface area contributed by atoms with Gasteiger partial charge in [-0.15, -0.1) is 11.3 Å². The molecule has 0 atom stereocenters. The predicted octanol–water partition coefficient (Wildman–Crippen LogP) is 2.32. The minimum atomic E-state index is -0.609. The topological polar surface area (TPSA) is 105 Å². The summed E-state index contributed by atoms with van der Waals surface area (Å²) in [6.45, 7) is 1.76. The highest BCUT2D eigenvalue weighted by molar-refractivity contribution is 7.09. The maximum Gasteiger partial charge on any atom is 0.275 e. The van der Waals surface area contributed by atoms with Gasteiger partial charge >= 0.3 is 0 Å². The highest BCUT2D eigenvalue weighted by atomic mass is 32.1. The van der Waals surface area contributed by atoms with E-state index in [1.807, 2.05) is 0 Å². The number of aromatic hydroxyl groups is 1. The quantitative estimate of drug-likeness (QED) is 0.509. The van der Waals surface area contributed by atoms with Crippen molar-refractivity contribution in [3.05, 3.63) is 44.4 Å². The average molecular weight is 279 g/mol. The number of anilines is 1. The van der Waals surface area contributed by atoms with Crippen molar-refractivity contribution in [3.8, 4) is 5.75 Å². The van der Waals surface area contributed by atoms with Gasteiger partial charge in [0.05, 0.1) is 15.6 Å². The fourth-order valence-corrected chi connectivity index (χ4v) is 1.98. The van der Waals surface area contributed by atoms with Gasteiger partial charge < -0.3 is 10.4 Å². The van der Waals surface area contributed by atoms with E-state index in [-0.39, 0.29) is 22.8 Å². The number of hydrogen-bond acceptors (Lipinski definition) is 6. The molecule has 0 radical (unpaired) electrons. The standard InChI is InChI=1S/C11H9N3O4S/c1-6-12-9(5-19-6)11(16)13-8-4-7(14(17)18)2-3-10(8)15/h2-5,15H,1H3,(H,13,16). The van der Waals surface area contributed by atoms with E-state index in [0.717, 1.165) is 23.2 Å². The molecular formula is C11H9N3O4S. The maximum absolute atomic E-state index is 11.8. The number of amides is 1. The van der Waals surface area contributed by atoms with Crippen molar-refractivity contribution in [2.24, 2.45) is 0 Å². The molecule has 0 unspecified atom stereocenters. The van der Waals surface area contributed by atoms with E-state index in [0.29, 0.717) is 0 Å². The molecule has 0 saturated heterocycles. The zero-order valence-corrected chi connectivity index (χ0v) is 10.6. The van der Waals surface area contributed by atoms with Crippen molar-refractivity contribution in [2.75, 3.05) is 5.32 Å². The molecule has 0 spiro atoms. The van der Waals surface area contributed by atoms with Crippen molar-refractivity contribution < 1.29 is 14.8 Å². The summed E-state index contributed by atoms with van der Waals surface area (Å²) in [7, 11) is 0. The van der Waals surface area contributed by atoms with E-state index < -0.39 is 10.8 Å². The average Bonchev–Trinajstić information content (AvgIpc) is 2.78. The Morgan fingerprint density at radius 2 is 2.26 bits per heavy atom. The van der Waals surface area contributed by atoms with Crippen LogP contribution in [0.2, 0.25) is 0 Å². The van der Waals surface area contributed by atoms with Gasteiger partial charge in [-0.3, -0.25) is 14.9 Å². The van der Waals surface area contributed by atoms with E-state index in [4.69, 9.17) is 0 Å². The van der Waals surface area contributed by atoms with Crippen LogP contribution in [0.4, 0.5) is 11.4 Å². The summed E-state index contributed by atoms with van der Waals surface area (Å²) < 4.78 is 0. The number of thiazole rings is 1. The van der Waals surface area contributed by atoms with Gasteiger partial charge in [0.25, 0.3) is 11.6 Å². The summed E-state index contributed by atoms with van der Waals surface area (Å²) in [5.74, 6) is -0.772. The van der Waals surface area contributed by atoms with Crippen LogP contribution in [0.25, 0.3) is 0 Å². The summed E-state index contributed by atoms with van der Waals surface area (Å²) in [5.41, 5.74) is -0.0409. The maximum atomic E-state index is 11.8. The predicted molar refractivity (Wildman–Crippen MR) is 69.6 cm³/mol. The Labute approximate surface area is 111 Å². The van der Waals surface area contributed by atoms with Crippen LogP contribution in [0.1, 0.15) is 15.5 Å². The molecule has 1 amide bonds. The first-order valence-corrected chi connectivity index (χ1v) is 6.06. The molecule has 98 valence electrons. The molecule has 0 aliphatic heterocycles. The molecule has 2 N–H and O–H groups in total. The lowest BCUT2D eigenvalue weighted by Crippen LogP contribution is -2.12. The highest BCUT2D eigenvalue weighted by Crippen LogP contribution is 2.28. The number of nitrogens with zero attached hydrogens (tertiary/aromatic N) is 2. The molecule has 0 aliphatic rings. The van der Waals surface area contributed by atoms with Gasteiger partial charge in [-0.25, -0.2) is 4.98 Å². The lowest BCUT2D eigenvalue weighted by Gasteiger charge is -2.05. The van der Waals surface area contributed by atoms with Gasteiger partial charge in [0.2, 0.25) is 0 Å². The first kappa shape index (κ1) is 13.0. The number of rotatable bonds is 3. The molecule has 0 aliphatic carbocycles. The van der Waals surface area contributed by atoms with Crippen LogP contribution in [0.3, 0.4) is 0 Å². The van der Waals surface area contributed by atoms with Crippen molar-refractivity contribution in [1.82, 2.24) is 4.98 Å². The molecule has 7 nitrogen and oxygen atoms in total. The Hall–Kier alpha value is -2.48. The fourth-order valence-electron chi connectivity index (χ4n) is 1.39. The normalized spacial score (nSPS) is 10.2. The molecule has 19 heavy (non-hydrogen) atoms. The largest absolute Gasteiger partial charge is 0.506 e. The number of nitrogens with one attached hydrogen (secondary N) is 1. The van der Waals surface area contributed by atoms with Crippen LogP contribution in [0.5, 0.6) is 5.75 Å². The Morgan fingerprint density at radius 3 is 2.84 bits per heavy atom. The van der Waals surface area contributed by atoms with E-state index in [9.17, 15) is 20.0 Å². The van der Waals surface area contributed by atoms with Crippen LogP contribution < -0.4 is 5.32 Å². The second-order valence-corrected chi connectivity index (χ2v) is 4.73. The zero-order valence-electron chi connectivity index (χ0n) is 9.78. The molecule has 0 saturated carbocycles. The Bertz CT molecular complexity index is 653. The molecule has 1 aromatic heterocycles. The molecular weight excluding hydrogens is 270 g/mol. The van der Waals surface area contributed by atoms with Crippen molar-refractivity contribution in [1.29, 1.82) is 0 Å². The van der Waals surface area contributed by atoms with Gasteiger partial charge in [0.15, 0.2) is 0 Å². The molecule has 2 rings (SSSR count). The number of phenols is 1. The molecule has 8 heteroatoms. The number of non-ortho nitro benzene ring substituents is 1. The molecule has 2 aromatic rings. The number of benzene rings is 1. The number of nitro benzene ring substituents is 1. The van der Waals surface area contributed by atoms with E-state index in [2.05, 4.69) is 10.3 Å². The summed E-state index contributed by atoms with van der Waals surface area (Å²) in [6.07, 6.45) is 0. The van der Waals surface area contributed by atoms with Gasteiger partial charge in [-0.1, -0.05) is 0 Å². The third kappa shape index (κ3) is 2.86. The molecule has 1 heterocycles. The van der Waals surface area contributed by atoms with Crippen molar-refractivity contribution in [2.45, 2.75) is 6.92 Å². The van der Waals surface area contributed by atoms with Crippen LogP contribution in [-0.4, -0.2) is 20.9 Å². The Balaban J connectivity index is 2.25. The fraction of sp³-hybridized carbons (Fsp3) is 0.0909. The first-order valence-electron chi connectivity index (χ1n) is 5.18. The highest BCUT2D eigenvalue weighted by Gasteiger charge is 2.15. The van der Waals surface area contributed by atoms with Gasteiger partial charge in [-0.2, -0.15) is 0 Å². The number of aryl methyl sites for hydroxylation is 1. The van der Waals surface area contributed by atoms with Crippen LogP contribution in [-0.2, 0) is 0 Å². The number of nitro groups is 1. The minimum Gasteiger partial charge on any atom is -0.506 e. The third-order valence-electron chi connectivity index (χ3n) is 2.29. The monoisotopic (exact) mass is 279 g/mol. The summed E-state index contributed by atoms with van der Waals surface area (Å²) >= 11 is 1.31. The molecule has 0 fully saturated rings. The molecule has 0 bridgehead atoms. The SMILES string of the molecule is Cc1nc(C(=O)Nc2cc([N+](=O)[O-])ccc2O)cs1. The van der Waals surface area contributed by atoms with Crippen molar-refractivity contribution >= 4 is 28.6 Å². The van der Waals surface area contributed by atoms with Crippen LogP contribution in [0, 0.1) is 17.0 Å². The number of hydrogen-bond donors (Lipinski definition) is 2. The van der Waals surface area contributed by atoms with E-state index >= 15 is 0 Å². The smallest absolute Gasteiger partial charge is 0.275 e. The number of aromatic nitrogens is 1. The number of phenolic OH excluding ortho intramolecular Hbond substituents is 1. The number of carbonyl (C=O) groups excluding carboxylic acids is 1. The number of carbonyl (C=O) groups is 1. The first-order chi connectivity index (χ1) is 8.97. The lowest BCUT2D eigenvalue weighted by atomic mass is 10.2. The Morgan fingerprint density at radius 1 is 1.53 bits per heavy atom. The van der Waals surface area contributed by atoms with Crippen LogP contribution in [0.15, 0.2) is 23.6 Å². The summed E-state index contributed by atoms with van der Waals surface area (Å²) in [6, 6.07) is 3.39. The van der Waals surface area contributed by atoms with E-state index in [1.54, 1.807) is 12.3 Å². The Kier molecular flexibility index (Phi) is 3.43. The zero-order chi connectivity index (χ0) is 14.0. The second kappa shape index (κ2) is 5.02.